The molecule has 0 aliphatic carbocycles. The second kappa shape index (κ2) is 7.56. The number of thioether (sulfide) groups is 1. The molecule has 0 aliphatic rings. The maximum Gasteiger partial charge on any atom is 0.109 e. The second-order valence-corrected chi connectivity index (χ2v) is 6.04. The Labute approximate surface area is 117 Å². The van der Waals surface area contributed by atoms with Gasteiger partial charge in [-0.05, 0) is 18.6 Å². The topological polar surface area (TPSA) is 24.9 Å². The fraction of sp³-hybridized carbons (Fsp3) is 0.357. The van der Waals surface area contributed by atoms with E-state index in [1.807, 2.05) is 23.3 Å². The van der Waals surface area contributed by atoms with Crippen LogP contribution < -0.4 is 5.32 Å². The highest BCUT2D eigenvalue weighted by Gasteiger charge is 2.10. The molecular weight excluding hydrogens is 260 g/mol. The van der Waals surface area contributed by atoms with Gasteiger partial charge in [-0.25, -0.2) is 4.98 Å². The Bertz CT molecular complexity index is 428. The minimum atomic E-state index is 0.404. The standard InChI is InChI=1S/C14H18N2S2/c1-2-13(14-16-9-11-18-14)15-8-10-17-12-6-4-3-5-7-12/h3-7,9,11,13,15H,2,8,10H2,1H3. The largest absolute Gasteiger partial charge is 0.307 e. The monoisotopic (exact) mass is 278 g/mol. The van der Waals surface area contributed by atoms with Crippen LogP contribution in [-0.4, -0.2) is 17.3 Å². The molecular formula is C14H18N2S2. The van der Waals surface area contributed by atoms with Gasteiger partial charge in [0.25, 0.3) is 0 Å². The summed E-state index contributed by atoms with van der Waals surface area (Å²) >= 11 is 3.62. The first kappa shape index (κ1) is 13.6. The Morgan fingerprint density at radius 3 is 2.83 bits per heavy atom. The van der Waals surface area contributed by atoms with Gasteiger partial charge in [-0.3, -0.25) is 0 Å². The van der Waals surface area contributed by atoms with Crippen LogP contribution in [0.5, 0.6) is 0 Å². The summed E-state index contributed by atoms with van der Waals surface area (Å²) in [7, 11) is 0. The lowest BCUT2D eigenvalue weighted by Crippen LogP contribution is -2.23. The number of hydrogen-bond acceptors (Lipinski definition) is 4. The zero-order valence-electron chi connectivity index (χ0n) is 10.5. The zero-order chi connectivity index (χ0) is 12.6. The minimum absolute atomic E-state index is 0.404. The highest BCUT2D eigenvalue weighted by Crippen LogP contribution is 2.20. The van der Waals surface area contributed by atoms with E-state index >= 15 is 0 Å². The van der Waals surface area contributed by atoms with Crippen molar-refractivity contribution in [2.75, 3.05) is 12.3 Å². The molecule has 1 aromatic heterocycles. The van der Waals surface area contributed by atoms with Crippen molar-refractivity contribution in [1.29, 1.82) is 0 Å². The highest BCUT2D eigenvalue weighted by atomic mass is 32.2. The van der Waals surface area contributed by atoms with Gasteiger partial charge in [0.2, 0.25) is 0 Å². The van der Waals surface area contributed by atoms with Crippen LogP contribution >= 0.6 is 23.1 Å². The fourth-order valence-electron chi connectivity index (χ4n) is 1.73. The Morgan fingerprint density at radius 1 is 1.33 bits per heavy atom. The van der Waals surface area contributed by atoms with Gasteiger partial charge in [0, 0.05) is 28.8 Å². The number of rotatable bonds is 7. The van der Waals surface area contributed by atoms with E-state index < -0.39 is 0 Å². The van der Waals surface area contributed by atoms with Gasteiger partial charge < -0.3 is 5.32 Å². The van der Waals surface area contributed by atoms with Crippen molar-refractivity contribution in [2.24, 2.45) is 0 Å². The van der Waals surface area contributed by atoms with E-state index in [1.165, 1.54) is 9.90 Å². The quantitative estimate of drug-likeness (QED) is 0.612. The van der Waals surface area contributed by atoms with Crippen LogP contribution in [0.25, 0.3) is 0 Å². The predicted octanol–water partition coefficient (Wildman–Crippen LogP) is 3.98. The Hall–Kier alpha value is -0.840. The lowest BCUT2D eigenvalue weighted by molar-refractivity contribution is 0.537. The van der Waals surface area contributed by atoms with Crippen molar-refractivity contribution in [1.82, 2.24) is 10.3 Å². The number of aromatic nitrogens is 1. The van der Waals surface area contributed by atoms with Gasteiger partial charge in [-0.1, -0.05) is 25.1 Å². The first-order chi connectivity index (χ1) is 8.90. The molecule has 1 heterocycles. The molecule has 2 nitrogen and oxygen atoms in total. The summed E-state index contributed by atoms with van der Waals surface area (Å²) in [6.45, 7) is 3.21. The molecule has 4 heteroatoms. The number of nitrogens with one attached hydrogen (secondary N) is 1. The summed E-state index contributed by atoms with van der Waals surface area (Å²) in [6.07, 6.45) is 2.96. The van der Waals surface area contributed by atoms with E-state index in [-0.39, 0.29) is 0 Å². The second-order valence-electron chi connectivity index (χ2n) is 3.95. The lowest BCUT2D eigenvalue weighted by atomic mass is 10.2. The Balaban J connectivity index is 1.71. The molecule has 1 N–H and O–H groups in total. The smallest absolute Gasteiger partial charge is 0.109 e. The highest BCUT2D eigenvalue weighted by molar-refractivity contribution is 7.99. The molecule has 0 saturated carbocycles. The summed E-state index contributed by atoms with van der Waals surface area (Å²) < 4.78 is 0. The molecule has 0 aliphatic heterocycles. The molecule has 0 spiro atoms. The third-order valence-electron chi connectivity index (χ3n) is 2.66. The van der Waals surface area contributed by atoms with Gasteiger partial charge in [-0.2, -0.15) is 0 Å². The van der Waals surface area contributed by atoms with Crippen molar-refractivity contribution < 1.29 is 0 Å². The van der Waals surface area contributed by atoms with Crippen LogP contribution in [0.15, 0.2) is 46.8 Å². The van der Waals surface area contributed by atoms with Gasteiger partial charge in [-0.15, -0.1) is 23.1 Å². The summed E-state index contributed by atoms with van der Waals surface area (Å²) in [5, 5.41) is 6.81. The lowest BCUT2D eigenvalue weighted by Gasteiger charge is -2.13. The predicted molar refractivity (Wildman–Crippen MR) is 80.3 cm³/mol. The maximum atomic E-state index is 4.37. The maximum absolute atomic E-state index is 4.37. The molecule has 96 valence electrons. The van der Waals surface area contributed by atoms with Gasteiger partial charge in [0.05, 0.1) is 6.04 Å². The van der Waals surface area contributed by atoms with Crippen molar-refractivity contribution >= 4 is 23.1 Å². The molecule has 2 aromatic rings. The van der Waals surface area contributed by atoms with Gasteiger partial charge in [0.1, 0.15) is 5.01 Å². The summed E-state index contributed by atoms with van der Waals surface area (Å²) in [5.41, 5.74) is 0. The third-order valence-corrected chi connectivity index (χ3v) is 4.57. The average Bonchev–Trinajstić information content (AvgIpc) is 2.94. The molecule has 1 unspecified atom stereocenters. The zero-order valence-corrected chi connectivity index (χ0v) is 12.1. The van der Waals surface area contributed by atoms with E-state index in [9.17, 15) is 0 Å². The van der Waals surface area contributed by atoms with Crippen LogP contribution in [-0.2, 0) is 0 Å². The van der Waals surface area contributed by atoms with Crippen LogP contribution in [0.3, 0.4) is 0 Å². The van der Waals surface area contributed by atoms with E-state index in [1.54, 1.807) is 11.3 Å². The Morgan fingerprint density at radius 2 is 2.17 bits per heavy atom. The molecule has 0 saturated heterocycles. The average molecular weight is 278 g/mol. The van der Waals surface area contributed by atoms with Crippen molar-refractivity contribution in [3.05, 3.63) is 46.9 Å². The van der Waals surface area contributed by atoms with Crippen LogP contribution in [0, 0.1) is 0 Å². The van der Waals surface area contributed by atoms with Crippen LogP contribution in [0.1, 0.15) is 24.4 Å². The van der Waals surface area contributed by atoms with Gasteiger partial charge in [0.15, 0.2) is 0 Å². The number of thiazole rings is 1. The first-order valence-electron chi connectivity index (χ1n) is 6.20. The molecule has 0 fully saturated rings. The van der Waals surface area contributed by atoms with Crippen molar-refractivity contribution in [3.8, 4) is 0 Å². The number of benzene rings is 1. The summed E-state index contributed by atoms with van der Waals surface area (Å²) in [5.74, 6) is 1.09. The third kappa shape index (κ3) is 4.12. The molecule has 18 heavy (non-hydrogen) atoms. The Kier molecular flexibility index (Phi) is 5.71. The SMILES string of the molecule is CCC(NCCSc1ccccc1)c1nccs1. The molecule has 1 atom stereocenters. The van der Waals surface area contributed by atoms with E-state index in [4.69, 9.17) is 0 Å². The van der Waals surface area contributed by atoms with Gasteiger partial charge >= 0.3 is 0 Å². The van der Waals surface area contributed by atoms with Crippen LogP contribution in [0.2, 0.25) is 0 Å². The molecule has 1 aromatic carbocycles. The minimum Gasteiger partial charge on any atom is -0.307 e. The summed E-state index contributed by atoms with van der Waals surface area (Å²) in [6, 6.07) is 10.9. The van der Waals surface area contributed by atoms with Crippen LogP contribution in [0.4, 0.5) is 0 Å². The number of nitrogens with zero attached hydrogens (tertiary/aromatic N) is 1. The molecule has 0 amide bonds. The molecule has 2 rings (SSSR count). The first-order valence-corrected chi connectivity index (χ1v) is 8.07. The normalized spacial score (nSPS) is 12.5. The molecule has 0 radical (unpaired) electrons. The van der Waals surface area contributed by atoms with E-state index in [0.717, 1.165) is 18.7 Å². The fourth-order valence-corrected chi connectivity index (χ4v) is 3.33. The van der Waals surface area contributed by atoms with E-state index in [0.29, 0.717) is 6.04 Å². The number of hydrogen-bond donors (Lipinski definition) is 1. The summed E-state index contributed by atoms with van der Waals surface area (Å²) in [4.78, 5) is 5.71. The molecule has 0 bridgehead atoms. The van der Waals surface area contributed by atoms with Crippen molar-refractivity contribution in [2.45, 2.75) is 24.3 Å². The van der Waals surface area contributed by atoms with E-state index in [2.05, 4.69) is 47.6 Å². The van der Waals surface area contributed by atoms with Crippen molar-refractivity contribution in [3.63, 3.8) is 0 Å².